The molecule has 2 heterocycles. The maximum Gasteiger partial charge on any atom is 0.243 e. The van der Waals surface area contributed by atoms with Crippen LogP contribution in [0.25, 0.3) is 0 Å². The molecule has 0 saturated carbocycles. The first kappa shape index (κ1) is 24.0. The van der Waals surface area contributed by atoms with E-state index in [2.05, 4.69) is 31.2 Å². The summed E-state index contributed by atoms with van der Waals surface area (Å²) in [6, 6.07) is 15.8. The molecule has 0 spiro atoms. The summed E-state index contributed by atoms with van der Waals surface area (Å²) >= 11 is 0. The average molecular weight is 469 g/mol. The molecule has 2 aliphatic heterocycles. The van der Waals surface area contributed by atoms with Gasteiger partial charge in [-0.3, -0.25) is 4.79 Å². The van der Waals surface area contributed by atoms with Crippen molar-refractivity contribution in [1.82, 2.24) is 9.21 Å². The molecule has 2 aliphatic rings. The van der Waals surface area contributed by atoms with Crippen LogP contribution in [0.15, 0.2) is 53.4 Å². The van der Waals surface area contributed by atoms with Crippen molar-refractivity contribution in [3.8, 4) is 0 Å². The second-order valence-electron chi connectivity index (χ2n) is 9.78. The lowest BCUT2D eigenvalue weighted by Crippen LogP contribution is -2.46. The van der Waals surface area contributed by atoms with Gasteiger partial charge in [0.15, 0.2) is 0 Å². The molecule has 2 aromatic rings. The van der Waals surface area contributed by atoms with Gasteiger partial charge in [0, 0.05) is 32.1 Å². The summed E-state index contributed by atoms with van der Waals surface area (Å²) in [6.07, 6.45) is 5.64. The van der Waals surface area contributed by atoms with E-state index in [9.17, 15) is 13.2 Å². The summed E-state index contributed by atoms with van der Waals surface area (Å²) in [5.41, 5.74) is 3.73. The Morgan fingerprint density at radius 2 is 1.36 bits per heavy atom. The molecule has 0 aromatic heterocycles. The molecule has 178 valence electrons. The van der Waals surface area contributed by atoms with E-state index in [1.54, 1.807) is 16.4 Å². The van der Waals surface area contributed by atoms with E-state index in [0.717, 1.165) is 37.9 Å². The van der Waals surface area contributed by atoms with Crippen molar-refractivity contribution in [3.05, 3.63) is 65.2 Å². The fourth-order valence-corrected chi connectivity index (χ4v) is 6.50. The van der Waals surface area contributed by atoms with Crippen molar-refractivity contribution in [2.24, 2.45) is 11.8 Å². The zero-order valence-corrected chi connectivity index (χ0v) is 20.7. The van der Waals surface area contributed by atoms with Gasteiger partial charge < -0.3 is 4.90 Å². The Morgan fingerprint density at radius 3 is 1.94 bits per heavy atom. The van der Waals surface area contributed by atoms with E-state index in [0.29, 0.717) is 36.7 Å². The predicted molar refractivity (Wildman–Crippen MR) is 131 cm³/mol. The minimum absolute atomic E-state index is 0.0569. The van der Waals surface area contributed by atoms with Gasteiger partial charge in [-0.1, -0.05) is 47.5 Å². The van der Waals surface area contributed by atoms with E-state index < -0.39 is 10.0 Å². The van der Waals surface area contributed by atoms with E-state index >= 15 is 0 Å². The number of hydrogen-bond acceptors (Lipinski definition) is 3. The molecular formula is C27H36N2O3S. The van der Waals surface area contributed by atoms with Crippen LogP contribution in [-0.4, -0.2) is 49.7 Å². The van der Waals surface area contributed by atoms with Crippen LogP contribution < -0.4 is 0 Å². The first-order chi connectivity index (χ1) is 15.8. The summed E-state index contributed by atoms with van der Waals surface area (Å²) in [7, 11) is -3.48. The van der Waals surface area contributed by atoms with Crippen molar-refractivity contribution in [2.45, 2.75) is 57.3 Å². The molecule has 1 amide bonds. The third-order valence-corrected chi connectivity index (χ3v) is 9.26. The smallest absolute Gasteiger partial charge is 0.243 e. The molecule has 0 atom stereocenters. The number of nitrogens with zero attached hydrogens (tertiary/aromatic N) is 2. The molecule has 0 unspecified atom stereocenters. The van der Waals surface area contributed by atoms with E-state index in [1.165, 1.54) is 17.5 Å². The van der Waals surface area contributed by atoms with Gasteiger partial charge in [-0.2, -0.15) is 4.31 Å². The highest BCUT2D eigenvalue weighted by Gasteiger charge is 2.34. The Morgan fingerprint density at radius 1 is 0.818 bits per heavy atom. The number of likely N-dealkylation sites (tertiary alicyclic amines) is 1. The highest BCUT2D eigenvalue weighted by atomic mass is 32.2. The molecule has 0 radical (unpaired) electrons. The Balaban J connectivity index is 1.23. The van der Waals surface area contributed by atoms with Gasteiger partial charge in [0.05, 0.1) is 4.90 Å². The predicted octanol–water partition coefficient (Wildman–Crippen LogP) is 4.58. The highest BCUT2D eigenvalue weighted by molar-refractivity contribution is 7.89. The largest absolute Gasteiger partial charge is 0.342 e. The van der Waals surface area contributed by atoms with Gasteiger partial charge in [0.2, 0.25) is 15.9 Å². The summed E-state index contributed by atoms with van der Waals surface area (Å²) in [5, 5.41) is 0. The van der Waals surface area contributed by atoms with Gasteiger partial charge >= 0.3 is 0 Å². The van der Waals surface area contributed by atoms with Crippen molar-refractivity contribution in [3.63, 3.8) is 0 Å². The Kier molecular flexibility index (Phi) is 7.55. The van der Waals surface area contributed by atoms with Gasteiger partial charge in [-0.25, -0.2) is 8.42 Å². The van der Waals surface area contributed by atoms with Crippen LogP contribution in [0.3, 0.4) is 0 Å². The molecule has 0 aliphatic carbocycles. The molecule has 6 heteroatoms. The molecule has 0 N–H and O–H groups in total. The number of benzene rings is 2. The molecular weight excluding hydrogens is 432 g/mol. The SMILES string of the molecule is Cc1ccc(CCC2CCN(C(=O)C3CCN(S(=O)(=O)c4ccc(C)cc4)CC3)CC2)cc1. The second kappa shape index (κ2) is 10.4. The fourth-order valence-electron chi connectivity index (χ4n) is 5.03. The molecule has 5 nitrogen and oxygen atoms in total. The number of carbonyl (C=O) groups excluding carboxylic acids is 1. The van der Waals surface area contributed by atoms with Crippen LogP contribution >= 0.6 is 0 Å². The zero-order chi connectivity index (χ0) is 23.4. The Bertz CT molecular complexity index is 1030. The third kappa shape index (κ3) is 5.85. The quantitative estimate of drug-likeness (QED) is 0.624. The zero-order valence-electron chi connectivity index (χ0n) is 19.9. The Hall–Kier alpha value is -2.18. The lowest BCUT2D eigenvalue weighted by atomic mass is 9.89. The van der Waals surface area contributed by atoms with Crippen LogP contribution in [0.4, 0.5) is 0 Å². The standard InChI is InChI=1S/C27H36N2O3S/c1-21-3-7-23(8-4-21)9-10-24-13-17-28(18-14-24)27(30)25-15-19-29(20-16-25)33(31,32)26-11-5-22(2)6-12-26/h3-8,11-12,24-25H,9-10,13-20H2,1-2H3. The van der Waals surface area contributed by atoms with Crippen LogP contribution in [0.2, 0.25) is 0 Å². The molecule has 0 bridgehead atoms. The van der Waals surface area contributed by atoms with Crippen LogP contribution in [0, 0.1) is 25.7 Å². The third-order valence-electron chi connectivity index (χ3n) is 7.35. The van der Waals surface area contributed by atoms with Crippen LogP contribution in [-0.2, 0) is 21.2 Å². The molecule has 2 aromatic carbocycles. The lowest BCUT2D eigenvalue weighted by Gasteiger charge is -2.37. The van der Waals surface area contributed by atoms with Gasteiger partial charge in [-0.15, -0.1) is 0 Å². The summed E-state index contributed by atoms with van der Waals surface area (Å²) in [5.74, 6) is 0.842. The van der Waals surface area contributed by atoms with E-state index in [4.69, 9.17) is 0 Å². The van der Waals surface area contributed by atoms with Crippen molar-refractivity contribution < 1.29 is 13.2 Å². The lowest BCUT2D eigenvalue weighted by molar-refractivity contribution is -0.138. The normalized spacial score (nSPS) is 19.0. The number of piperidine rings is 2. The highest BCUT2D eigenvalue weighted by Crippen LogP contribution is 2.28. The van der Waals surface area contributed by atoms with E-state index in [-0.39, 0.29) is 11.8 Å². The number of carbonyl (C=O) groups is 1. The topological polar surface area (TPSA) is 57.7 Å². The number of rotatable bonds is 6. The van der Waals surface area contributed by atoms with Crippen molar-refractivity contribution in [1.29, 1.82) is 0 Å². The van der Waals surface area contributed by atoms with Crippen LogP contribution in [0.1, 0.15) is 48.8 Å². The molecule has 2 fully saturated rings. The van der Waals surface area contributed by atoms with Crippen LogP contribution in [0.5, 0.6) is 0 Å². The fraction of sp³-hybridized carbons (Fsp3) is 0.519. The molecule has 33 heavy (non-hydrogen) atoms. The molecule has 2 saturated heterocycles. The minimum Gasteiger partial charge on any atom is -0.342 e. The summed E-state index contributed by atoms with van der Waals surface area (Å²) in [4.78, 5) is 15.5. The summed E-state index contributed by atoms with van der Waals surface area (Å²) in [6.45, 7) is 6.56. The number of sulfonamides is 1. The molecule has 4 rings (SSSR count). The number of amides is 1. The van der Waals surface area contributed by atoms with Gasteiger partial charge in [0.25, 0.3) is 0 Å². The average Bonchev–Trinajstić information content (AvgIpc) is 2.84. The maximum atomic E-state index is 13.1. The maximum absolute atomic E-state index is 13.1. The number of hydrogen-bond donors (Lipinski definition) is 0. The Labute approximate surface area is 198 Å². The van der Waals surface area contributed by atoms with Gasteiger partial charge in [0.1, 0.15) is 0 Å². The summed E-state index contributed by atoms with van der Waals surface area (Å²) < 4.78 is 27.4. The second-order valence-corrected chi connectivity index (χ2v) is 11.7. The van der Waals surface area contributed by atoms with E-state index in [1.807, 2.05) is 24.0 Å². The van der Waals surface area contributed by atoms with Gasteiger partial charge in [-0.05, 0) is 76.0 Å². The monoisotopic (exact) mass is 468 g/mol. The first-order valence-electron chi connectivity index (χ1n) is 12.2. The number of aryl methyl sites for hydroxylation is 3. The van der Waals surface area contributed by atoms with Crippen molar-refractivity contribution >= 4 is 15.9 Å². The first-order valence-corrected chi connectivity index (χ1v) is 13.7. The van der Waals surface area contributed by atoms with Crippen molar-refractivity contribution in [2.75, 3.05) is 26.2 Å². The minimum atomic E-state index is -3.48.